The van der Waals surface area contributed by atoms with E-state index in [0.717, 1.165) is 0 Å². The Morgan fingerprint density at radius 2 is 0.826 bits per heavy atom. The zero-order valence-corrected chi connectivity index (χ0v) is 16.6. The van der Waals surface area contributed by atoms with Crippen molar-refractivity contribution in [2.24, 2.45) is 0 Å². The van der Waals surface area contributed by atoms with Gasteiger partial charge in [0, 0.05) is 0 Å². The van der Waals surface area contributed by atoms with Crippen LogP contribution in [0.15, 0.2) is 0 Å². The zero-order chi connectivity index (χ0) is 17.5. The first-order valence-corrected chi connectivity index (χ1v) is 10.2. The number of hydrogen-bond acceptors (Lipinski definition) is 3. The van der Waals surface area contributed by atoms with Gasteiger partial charge in [0.05, 0.1) is 26.2 Å². The predicted molar refractivity (Wildman–Crippen MR) is 98.6 cm³/mol. The minimum atomic E-state index is -4.67. The molecule has 0 atom stereocenters. The summed E-state index contributed by atoms with van der Waals surface area (Å²) < 4.78 is 33.0. The van der Waals surface area contributed by atoms with Crippen molar-refractivity contribution in [3.05, 3.63) is 0 Å². The van der Waals surface area contributed by atoms with Gasteiger partial charge >= 0.3 is 10.4 Å². The van der Waals surface area contributed by atoms with Crippen molar-refractivity contribution < 1.29 is 22.0 Å². The Labute approximate surface area is 144 Å². The van der Waals surface area contributed by atoms with Crippen LogP contribution in [0.1, 0.15) is 79.1 Å². The minimum absolute atomic E-state index is 0. The quantitative estimate of drug-likeness (QED) is 0.351. The molecule has 0 aromatic carbocycles. The molecule has 0 spiro atoms. The molecule has 0 aromatic rings. The Balaban J connectivity index is -0.000000578. The van der Waals surface area contributed by atoms with Crippen molar-refractivity contribution in [3.63, 3.8) is 0 Å². The summed E-state index contributed by atoms with van der Waals surface area (Å²) in [7, 11) is -4.67. The van der Waals surface area contributed by atoms with E-state index in [9.17, 15) is 0 Å². The first kappa shape index (κ1) is 27.6. The Hall–Kier alpha value is -0.210. The van der Waals surface area contributed by atoms with E-state index in [-0.39, 0.29) is 6.15 Å². The van der Waals surface area contributed by atoms with E-state index in [2.05, 4.69) is 27.7 Å². The first-order valence-electron chi connectivity index (χ1n) is 8.79. The SMILES string of the molecule is CCCC[N+](CCCC)(CCCC)CCCC.N.O=S(=O)(O)O. The van der Waals surface area contributed by atoms with Gasteiger partial charge in [-0.15, -0.1) is 0 Å². The van der Waals surface area contributed by atoms with Crippen LogP contribution in [-0.2, 0) is 10.4 Å². The molecule has 144 valence electrons. The van der Waals surface area contributed by atoms with Gasteiger partial charge in [0.25, 0.3) is 0 Å². The standard InChI is InChI=1S/C16H36N.H3N.H2O4S/c1-5-9-13-17(14-10-6-2,15-11-7-3)16-12-8-4;;1-5(2,3)4/h5-16H2,1-4H3;1H3;(H2,1,2,3,4)/q+1;;. The van der Waals surface area contributed by atoms with Crippen molar-refractivity contribution in [3.8, 4) is 0 Å². The normalized spacial score (nSPS) is 11.4. The molecule has 0 aliphatic rings. The second-order valence-corrected chi connectivity index (χ2v) is 6.99. The van der Waals surface area contributed by atoms with Crippen molar-refractivity contribution in [2.75, 3.05) is 26.2 Å². The first-order chi connectivity index (χ1) is 10.2. The molecule has 0 aromatic heterocycles. The highest BCUT2D eigenvalue weighted by atomic mass is 32.3. The molecule has 0 aliphatic carbocycles. The zero-order valence-electron chi connectivity index (χ0n) is 15.8. The maximum absolute atomic E-state index is 8.74. The molecule has 23 heavy (non-hydrogen) atoms. The molecule has 0 bridgehead atoms. The van der Waals surface area contributed by atoms with Crippen molar-refractivity contribution in [2.45, 2.75) is 79.1 Å². The van der Waals surface area contributed by atoms with E-state index in [1.807, 2.05) is 0 Å². The fraction of sp³-hybridized carbons (Fsp3) is 1.00. The average molecular weight is 358 g/mol. The van der Waals surface area contributed by atoms with Gasteiger partial charge < -0.3 is 10.6 Å². The molecule has 0 radical (unpaired) electrons. The molecule has 0 saturated heterocycles. The Morgan fingerprint density at radius 3 is 0.957 bits per heavy atom. The molecule has 5 N–H and O–H groups in total. The maximum atomic E-state index is 8.74. The van der Waals surface area contributed by atoms with Crippen LogP contribution in [0.4, 0.5) is 0 Å². The van der Waals surface area contributed by atoms with E-state index in [0.29, 0.717) is 0 Å². The summed E-state index contributed by atoms with van der Waals surface area (Å²) in [5.74, 6) is 0. The number of quaternary nitrogens is 1. The summed E-state index contributed by atoms with van der Waals surface area (Å²) in [6, 6.07) is 0. The molecule has 7 heteroatoms. The van der Waals surface area contributed by atoms with Crippen LogP contribution in [-0.4, -0.2) is 48.2 Å². The summed E-state index contributed by atoms with van der Waals surface area (Å²) in [5.41, 5.74) is 0. The smallest absolute Gasteiger partial charge is 0.344 e. The van der Waals surface area contributed by atoms with Gasteiger partial charge in [0.1, 0.15) is 0 Å². The molecule has 0 aliphatic heterocycles. The van der Waals surface area contributed by atoms with Crippen molar-refractivity contribution in [1.82, 2.24) is 6.15 Å². The lowest BCUT2D eigenvalue weighted by Crippen LogP contribution is -2.50. The summed E-state index contributed by atoms with van der Waals surface area (Å²) in [6.07, 6.45) is 11.1. The summed E-state index contributed by atoms with van der Waals surface area (Å²) in [6.45, 7) is 15.0. The maximum Gasteiger partial charge on any atom is 0.394 e. The second kappa shape index (κ2) is 16.6. The van der Waals surface area contributed by atoms with Crippen LogP contribution in [0, 0.1) is 0 Å². The molecule has 0 fully saturated rings. The number of nitrogens with zero attached hydrogens (tertiary/aromatic N) is 1. The minimum Gasteiger partial charge on any atom is -0.344 e. The Bertz CT molecular complexity index is 289. The molecule has 0 heterocycles. The fourth-order valence-corrected chi connectivity index (χ4v) is 2.64. The largest absolute Gasteiger partial charge is 0.394 e. The molecule has 0 amide bonds. The predicted octanol–water partition coefficient (Wildman–Crippen LogP) is 4.51. The lowest BCUT2D eigenvalue weighted by atomic mass is 10.1. The molecule has 0 saturated carbocycles. The average Bonchev–Trinajstić information content (AvgIpc) is 2.44. The lowest BCUT2D eigenvalue weighted by Gasteiger charge is -2.39. The fourth-order valence-electron chi connectivity index (χ4n) is 2.64. The summed E-state index contributed by atoms with van der Waals surface area (Å²) >= 11 is 0. The molecule has 6 nitrogen and oxygen atoms in total. The highest BCUT2D eigenvalue weighted by molar-refractivity contribution is 7.79. The third-order valence-corrected chi connectivity index (χ3v) is 3.94. The van der Waals surface area contributed by atoms with Gasteiger partial charge in [-0.3, -0.25) is 9.11 Å². The van der Waals surface area contributed by atoms with Crippen LogP contribution in [0.2, 0.25) is 0 Å². The third kappa shape index (κ3) is 21.8. The summed E-state index contributed by atoms with van der Waals surface area (Å²) in [5, 5.41) is 0. The van der Waals surface area contributed by atoms with E-state index in [1.54, 1.807) is 0 Å². The van der Waals surface area contributed by atoms with Crippen LogP contribution < -0.4 is 6.15 Å². The van der Waals surface area contributed by atoms with Gasteiger partial charge in [0.15, 0.2) is 0 Å². The highest BCUT2D eigenvalue weighted by Crippen LogP contribution is 2.16. The van der Waals surface area contributed by atoms with Gasteiger partial charge in [-0.05, 0) is 25.7 Å². The van der Waals surface area contributed by atoms with E-state index < -0.39 is 10.4 Å². The van der Waals surface area contributed by atoms with Crippen LogP contribution in [0.5, 0.6) is 0 Å². The van der Waals surface area contributed by atoms with Crippen LogP contribution >= 0.6 is 0 Å². The number of rotatable bonds is 12. The molecule has 0 unspecified atom stereocenters. The van der Waals surface area contributed by atoms with Crippen molar-refractivity contribution in [1.29, 1.82) is 0 Å². The Morgan fingerprint density at radius 1 is 0.652 bits per heavy atom. The van der Waals surface area contributed by atoms with Gasteiger partial charge in [-0.2, -0.15) is 8.42 Å². The lowest BCUT2D eigenvalue weighted by molar-refractivity contribution is -0.929. The number of hydrogen-bond donors (Lipinski definition) is 3. The Kier molecular flexibility index (Phi) is 20.0. The highest BCUT2D eigenvalue weighted by Gasteiger charge is 2.24. The van der Waals surface area contributed by atoms with Crippen LogP contribution in [0.25, 0.3) is 0 Å². The third-order valence-electron chi connectivity index (χ3n) is 3.94. The number of unbranched alkanes of at least 4 members (excludes halogenated alkanes) is 4. The molecular formula is C16H41N2O4S+. The van der Waals surface area contributed by atoms with E-state index in [4.69, 9.17) is 17.5 Å². The van der Waals surface area contributed by atoms with E-state index >= 15 is 0 Å². The topological polar surface area (TPSA) is 110 Å². The van der Waals surface area contributed by atoms with Gasteiger partial charge in [-0.25, -0.2) is 0 Å². The second-order valence-electron chi connectivity index (χ2n) is 6.10. The van der Waals surface area contributed by atoms with Gasteiger partial charge in [0.2, 0.25) is 0 Å². The monoisotopic (exact) mass is 357 g/mol. The van der Waals surface area contributed by atoms with E-state index in [1.165, 1.54) is 82.0 Å². The van der Waals surface area contributed by atoms with Crippen LogP contribution in [0.3, 0.4) is 0 Å². The molecular weight excluding hydrogens is 316 g/mol. The van der Waals surface area contributed by atoms with Gasteiger partial charge in [-0.1, -0.05) is 53.4 Å². The summed E-state index contributed by atoms with van der Waals surface area (Å²) in [4.78, 5) is 0. The molecule has 0 rings (SSSR count). The van der Waals surface area contributed by atoms with Crippen molar-refractivity contribution >= 4 is 10.4 Å².